The first-order chi connectivity index (χ1) is 9.55. The molecule has 1 aromatic heterocycles. The Balaban J connectivity index is 2.20. The predicted octanol–water partition coefficient (Wildman–Crippen LogP) is 0.811. The highest BCUT2D eigenvalue weighted by molar-refractivity contribution is 7.92. The molecule has 0 aliphatic carbocycles. The third-order valence-electron chi connectivity index (χ3n) is 2.55. The van der Waals surface area contributed by atoms with Crippen LogP contribution in [-0.4, -0.2) is 30.5 Å². The van der Waals surface area contributed by atoms with Crippen molar-refractivity contribution in [2.24, 2.45) is 0 Å². The van der Waals surface area contributed by atoms with Crippen molar-refractivity contribution in [3.05, 3.63) is 42.2 Å². The number of nitrogens with zero attached hydrogens (tertiary/aromatic N) is 2. The highest BCUT2D eigenvalue weighted by atomic mass is 32.2. The van der Waals surface area contributed by atoms with E-state index in [4.69, 9.17) is 5.11 Å². The first-order valence-corrected chi connectivity index (χ1v) is 7.26. The lowest BCUT2D eigenvalue weighted by atomic mass is 10.2. The summed E-state index contributed by atoms with van der Waals surface area (Å²) in [5, 5.41) is 11.6. The van der Waals surface area contributed by atoms with E-state index in [-0.39, 0.29) is 11.5 Å². The fourth-order valence-corrected chi connectivity index (χ4v) is 2.42. The molecule has 0 spiro atoms. The van der Waals surface area contributed by atoms with Crippen LogP contribution in [0.2, 0.25) is 0 Å². The number of nitrogens with one attached hydrogen (secondary N) is 2. The molecule has 1 heterocycles. The van der Waals surface area contributed by atoms with Crippen LogP contribution < -0.4 is 10.0 Å². The number of sulfonamides is 1. The maximum absolute atomic E-state index is 12.1. The molecule has 0 aliphatic heterocycles. The number of anilines is 2. The molecular weight excluding hydrogens is 280 g/mol. The minimum Gasteiger partial charge on any atom is -0.392 e. The van der Waals surface area contributed by atoms with Crippen molar-refractivity contribution in [3.8, 4) is 0 Å². The molecule has 0 aliphatic rings. The summed E-state index contributed by atoms with van der Waals surface area (Å²) in [5.74, 6) is 0.344. The van der Waals surface area contributed by atoms with Gasteiger partial charge in [0.2, 0.25) is 5.95 Å². The van der Waals surface area contributed by atoms with E-state index in [0.29, 0.717) is 17.2 Å². The van der Waals surface area contributed by atoms with Crippen molar-refractivity contribution in [1.82, 2.24) is 9.97 Å². The van der Waals surface area contributed by atoms with E-state index < -0.39 is 10.0 Å². The molecule has 2 rings (SSSR count). The van der Waals surface area contributed by atoms with Crippen molar-refractivity contribution >= 4 is 21.7 Å². The average molecular weight is 294 g/mol. The maximum Gasteiger partial charge on any atom is 0.264 e. The van der Waals surface area contributed by atoms with Crippen LogP contribution in [0.25, 0.3) is 0 Å². The fourth-order valence-electron chi connectivity index (χ4n) is 1.48. The fraction of sp³-hybridized carbons (Fsp3) is 0.167. The Kier molecular flexibility index (Phi) is 4.16. The van der Waals surface area contributed by atoms with E-state index >= 15 is 0 Å². The molecule has 3 N–H and O–H groups in total. The van der Waals surface area contributed by atoms with Gasteiger partial charge in [0.05, 0.1) is 19.0 Å². The molecule has 1 aromatic carbocycles. The molecule has 0 radical (unpaired) electrons. The second kappa shape index (κ2) is 5.85. The monoisotopic (exact) mass is 294 g/mol. The largest absolute Gasteiger partial charge is 0.392 e. The Bertz CT molecular complexity index is 669. The molecule has 2 aromatic rings. The van der Waals surface area contributed by atoms with E-state index in [1.54, 1.807) is 31.3 Å². The van der Waals surface area contributed by atoms with E-state index in [1.165, 1.54) is 12.4 Å². The van der Waals surface area contributed by atoms with Crippen LogP contribution in [0.5, 0.6) is 0 Å². The van der Waals surface area contributed by atoms with Gasteiger partial charge in [-0.25, -0.2) is 18.4 Å². The third kappa shape index (κ3) is 3.22. The summed E-state index contributed by atoms with van der Waals surface area (Å²) in [6.45, 7) is -0.0909. The molecular formula is C12H14N4O3S. The summed E-state index contributed by atoms with van der Waals surface area (Å²) in [5.41, 5.74) is 1.11. The smallest absolute Gasteiger partial charge is 0.264 e. The summed E-state index contributed by atoms with van der Waals surface area (Å²) in [7, 11) is -2.08. The van der Waals surface area contributed by atoms with Gasteiger partial charge < -0.3 is 10.4 Å². The topological polar surface area (TPSA) is 104 Å². The molecule has 7 nitrogen and oxygen atoms in total. The zero-order valence-corrected chi connectivity index (χ0v) is 11.6. The molecule has 0 unspecified atom stereocenters. The number of aromatic nitrogens is 2. The number of benzene rings is 1. The number of rotatable bonds is 5. The van der Waals surface area contributed by atoms with Gasteiger partial charge in [0.25, 0.3) is 10.0 Å². The minimum atomic E-state index is -3.72. The Morgan fingerprint density at radius 3 is 2.25 bits per heavy atom. The van der Waals surface area contributed by atoms with Gasteiger partial charge in [0, 0.05) is 12.7 Å². The number of hydrogen-bond acceptors (Lipinski definition) is 6. The summed E-state index contributed by atoms with van der Waals surface area (Å²) in [6, 6.07) is 6.43. The lowest BCUT2D eigenvalue weighted by Gasteiger charge is -2.08. The van der Waals surface area contributed by atoms with Gasteiger partial charge in [-0.3, -0.25) is 4.72 Å². The molecule has 20 heavy (non-hydrogen) atoms. The van der Waals surface area contributed by atoms with E-state index in [0.717, 1.165) is 0 Å². The maximum atomic E-state index is 12.1. The SMILES string of the molecule is CNc1ncc(S(=O)(=O)Nc2ccc(CO)cc2)cn1. The van der Waals surface area contributed by atoms with Crippen LogP contribution in [0.3, 0.4) is 0 Å². The summed E-state index contributed by atoms with van der Waals surface area (Å²) in [4.78, 5) is 7.69. The van der Waals surface area contributed by atoms with Gasteiger partial charge in [-0.1, -0.05) is 12.1 Å². The number of aliphatic hydroxyl groups is 1. The van der Waals surface area contributed by atoms with Crippen LogP contribution in [0.1, 0.15) is 5.56 Å². The molecule has 0 fully saturated rings. The van der Waals surface area contributed by atoms with E-state index in [9.17, 15) is 8.42 Å². The lowest BCUT2D eigenvalue weighted by molar-refractivity contribution is 0.282. The number of hydrogen-bond donors (Lipinski definition) is 3. The third-order valence-corrected chi connectivity index (χ3v) is 3.89. The van der Waals surface area contributed by atoms with Crippen molar-refractivity contribution in [2.45, 2.75) is 11.5 Å². The normalized spacial score (nSPS) is 11.1. The molecule has 0 saturated carbocycles. The summed E-state index contributed by atoms with van der Waals surface area (Å²) >= 11 is 0. The van der Waals surface area contributed by atoms with E-state index in [1.807, 2.05) is 0 Å². The van der Waals surface area contributed by atoms with Crippen LogP contribution >= 0.6 is 0 Å². The molecule has 0 atom stereocenters. The highest BCUT2D eigenvalue weighted by Gasteiger charge is 2.15. The van der Waals surface area contributed by atoms with Crippen molar-refractivity contribution in [2.75, 3.05) is 17.1 Å². The zero-order valence-electron chi connectivity index (χ0n) is 10.7. The summed E-state index contributed by atoms with van der Waals surface area (Å²) < 4.78 is 26.6. The van der Waals surface area contributed by atoms with Crippen molar-refractivity contribution in [3.63, 3.8) is 0 Å². The van der Waals surface area contributed by atoms with Crippen LogP contribution in [-0.2, 0) is 16.6 Å². The highest BCUT2D eigenvalue weighted by Crippen LogP contribution is 2.16. The Morgan fingerprint density at radius 1 is 1.15 bits per heavy atom. The van der Waals surface area contributed by atoms with Crippen LogP contribution in [0.4, 0.5) is 11.6 Å². The lowest BCUT2D eigenvalue weighted by Crippen LogP contribution is -2.14. The van der Waals surface area contributed by atoms with Gasteiger partial charge in [-0.15, -0.1) is 0 Å². The van der Waals surface area contributed by atoms with Crippen LogP contribution in [0, 0.1) is 0 Å². The molecule has 0 saturated heterocycles. The van der Waals surface area contributed by atoms with E-state index in [2.05, 4.69) is 20.0 Å². The Labute approximate surface area is 116 Å². The standard InChI is InChI=1S/C12H14N4O3S/c1-13-12-14-6-11(7-15-12)20(18,19)16-10-4-2-9(8-17)3-5-10/h2-7,16-17H,8H2,1H3,(H,13,14,15). The quantitative estimate of drug-likeness (QED) is 0.754. The second-order valence-electron chi connectivity index (χ2n) is 3.95. The first-order valence-electron chi connectivity index (χ1n) is 5.77. The Hall–Kier alpha value is -2.19. The zero-order chi connectivity index (χ0) is 14.6. The van der Waals surface area contributed by atoms with Gasteiger partial charge >= 0.3 is 0 Å². The van der Waals surface area contributed by atoms with Gasteiger partial charge in [-0.05, 0) is 17.7 Å². The number of aliphatic hydroxyl groups excluding tert-OH is 1. The van der Waals surface area contributed by atoms with Crippen molar-refractivity contribution in [1.29, 1.82) is 0 Å². The molecule has 0 bridgehead atoms. The second-order valence-corrected chi connectivity index (χ2v) is 5.64. The van der Waals surface area contributed by atoms with Gasteiger partial charge in [-0.2, -0.15) is 0 Å². The van der Waals surface area contributed by atoms with Crippen molar-refractivity contribution < 1.29 is 13.5 Å². The molecule has 106 valence electrons. The first kappa shape index (κ1) is 14.2. The summed E-state index contributed by atoms with van der Waals surface area (Å²) in [6.07, 6.45) is 2.45. The van der Waals surface area contributed by atoms with Gasteiger partial charge in [0.15, 0.2) is 0 Å². The average Bonchev–Trinajstić information content (AvgIpc) is 2.48. The van der Waals surface area contributed by atoms with Crippen LogP contribution in [0.15, 0.2) is 41.6 Å². The molecule has 0 amide bonds. The minimum absolute atomic E-state index is 0.0252. The Morgan fingerprint density at radius 2 is 1.75 bits per heavy atom. The molecule has 8 heteroatoms. The van der Waals surface area contributed by atoms with Gasteiger partial charge in [0.1, 0.15) is 4.90 Å². The predicted molar refractivity (Wildman–Crippen MR) is 74.8 cm³/mol.